The number of aromatic nitrogens is 1. The van der Waals surface area contributed by atoms with Crippen LogP contribution in [0.1, 0.15) is 119 Å². The Balaban J connectivity index is 1.71. The van der Waals surface area contributed by atoms with Gasteiger partial charge in [-0.2, -0.15) is 13.2 Å². The predicted octanol–water partition coefficient (Wildman–Crippen LogP) is 9.29. The largest absolute Gasteiger partial charge is 0.410 e. The van der Waals surface area contributed by atoms with Gasteiger partial charge in [0, 0.05) is 22.5 Å². The van der Waals surface area contributed by atoms with Crippen molar-refractivity contribution in [2.75, 3.05) is 13.2 Å². The Hall–Kier alpha value is -1.74. The summed E-state index contributed by atoms with van der Waals surface area (Å²) in [6, 6.07) is 0. The number of fused-ring (bicyclic) bond motifs is 1. The third kappa shape index (κ3) is 5.98. The van der Waals surface area contributed by atoms with Crippen molar-refractivity contribution < 1.29 is 27.4 Å². The van der Waals surface area contributed by atoms with Crippen LogP contribution < -0.4 is 0 Å². The molecule has 0 radical (unpaired) electrons. The summed E-state index contributed by atoms with van der Waals surface area (Å²) in [5, 5.41) is 12.1. The van der Waals surface area contributed by atoms with Crippen molar-refractivity contribution in [1.82, 2.24) is 4.98 Å². The van der Waals surface area contributed by atoms with Crippen LogP contribution in [-0.4, -0.2) is 37.8 Å². The summed E-state index contributed by atoms with van der Waals surface area (Å²) in [4.78, 5) is 5.34. The summed E-state index contributed by atoms with van der Waals surface area (Å²) >= 11 is 0. The molecule has 1 aromatic heterocycles. The van der Waals surface area contributed by atoms with Crippen LogP contribution in [0.5, 0.6) is 0 Å². The zero-order chi connectivity index (χ0) is 30.7. The molecule has 0 saturated heterocycles. The van der Waals surface area contributed by atoms with Gasteiger partial charge in [0.2, 0.25) is 0 Å². The molecule has 1 aromatic rings. The molecule has 232 valence electrons. The van der Waals surface area contributed by atoms with Crippen molar-refractivity contribution in [1.29, 1.82) is 0 Å². The van der Waals surface area contributed by atoms with Crippen LogP contribution in [0.4, 0.5) is 13.2 Å². The maximum atomic E-state index is 13.4. The second kappa shape index (κ2) is 11.3. The first kappa shape index (κ1) is 31.7. The molecule has 1 fully saturated rings. The van der Waals surface area contributed by atoms with E-state index in [1.165, 1.54) is 31.4 Å². The van der Waals surface area contributed by atoms with Crippen LogP contribution in [0.15, 0.2) is 29.9 Å². The SMILES string of the molecule is CC(C)c1nc2c(c(C3=CCOCC3)c1C(O)C1=CCC(C(F)(F)F)C=C1)C(O[Si](C)(C)C(C)(C)C)CC1(CCC1)C2. The zero-order valence-corrected chi connectivity index (χ0v) is 27.3. The van der Waals surface area contributed by atoms with E-state index in [4.69, 9.17) is 14.1 Å². The lowest BCUT2D eigenvalue weighted by atomic mass is 9.59. The molecule has 3 unspecified atom stereocenters. The van der Waals surface area contributed by atoms with E-state index in [-0.39, 0.29) is 28.9 Å². The molecule has 1 spiro atoms. The number of halogens is 3. The average molecular weight is 604 g/mol. The average Bonchev–Trinajstić information content (AvgIpc) is 2.89. The highest BCUT2D eigenvalue weighted by Gasteiger charge is 2.49. The van der Waals surface area contributed by atoms with E-state index in [9.17, 15) is 18.3 Å². The number of hydrogen-bond donors (Lipinski definition) is 1. The molecule has 42 heavy (non-hydrogen) atoms. The molecule has 1 saturated carbocycles. The molecule has 0 bridgehead atoms. The number of alkyl halides is 3. The fourth-order valence-electron chi connectivity index (χ4n) is 6.84. The molecule has 0 aromatic carbocycles. The number of aliphatic hydroxyl groups excluding tert-OH is 1. The molecule has 8 heteroatoms. The number of rotatable bonds is 6. The molecule has 1 aliphatic heterocycles. The molecular formula is C34H48F3NO3Si. The first-order valence-electron chi connectivity index (χ1n) is 15.7. The Kier molecular flexibility index (Phi) is 8.53. The number of pyridine rings is 1. The summed E-state index contributed by atoms with van der Waals surface area (Å²) in [7, 11) is -2.19. The molecule has 4 nitrogen and oxygen atoms in total. The highest BCUT2D eigenvalue weighted by molar-refractivity contribution is 6.74. The minimum absolute atomic E-state index is 0.0225. The lowest BCUT2D eigenvalue weighted by Gasteiger charge is -2.51. The molecule has 2 heterocycles. The Morgan fingerprint density at radius 1 is 1.14 bits per heavy atom. The van der Waals surface area contributed by atoms with Crippen molar-refractivity contribution in [2.45, 2.75) is 122 Å². The Labute approximate surface area is 250 Å². The first-order valence-corrected chi connectivity index (χ1v) is 18.6. The van der Waals surface area contributed by atoms with E-state index in [2.05, 4.69) is 53.8 Å². The van der Waals surface area contributed by atoms with Gasteiger partial charge in [0.05, 0.1) is 25.2 Å². The van der Waals surface area contributed by atoms with E-state index in [0.717, 1.165) is 46.5 Å². The summed E-state index contributed by atoms with van der Waals surface area (Å²) in [6.45, 7) is 16.6. The Morgan fingerprint density at radius 3 is 2.36 bits per heavy atom. The van der Waals surface area contributed by atoms with Gasteiger partial charge in [0.25, 0.3) is 0 Å². The lowest BCUT2D eigenvalue weighted by molar-refractivity contribution is -0.160. The van der Waals surface area contributed by atoms with Gasteiger partial charge in [-0.3, -0.25) is 4.98 Å². The number of hydrogen-bond acceptors (Lipinski definition) is 4. The van der Waals surface area contributed by atoms with E-state index < -0.39 is 26.5 Å². The van der Waals surface area contributed by atoms with Gasteiger partial charge in [0.15, 0.2) is 8.32 Å². The summed E-state index contributed by atoms with van der Waals surface area (Å²) in [6.07, 6.45) is 6.76. The van der Waals surface area contributed by atoms with Gasteiger partial charge in [0.1, 0.15) is 6.10 Å². The third-order valence-corrected chi connectivity index (χ3v) is 15.0. The van der Waals surface area contributed by atoms with Crippen molar-refractivity contribution in [3.05, 3.63) is 58.0 Å². The maximum absolute atomic E-state index is 13.4. The van der Waals surface area contributed by atoms with Gasteiger partial charge in [-0.1, -0.05) is 65.3 Å². The highest BCUT2D eigenvalue weighted by atomic mass is 28.4. The molecular weight excluding hydrogens is 555 g/mol. The van der Waals surface area contributed by atoms with E-state index in [0.29, 0.717) is 25.2 Å². The molecule has 0 amide bonds. The molecule has 3 atom stereocenters. The Morgan fingerprint density at radius 2 is 1.86 bits per heavy atom. The second-order valence-electron chi connectivity index (χ2n) is 14.8. The number of aliphatic hydroxyl groups is 1. The third-order valence-electron chi connectivity index (χ3n) is 10.5. The normalized spacial score (nSPS) is 25.1. The minimum Gasteiger partial charge on any atom is -0.410 e. The van der Waals surface area contributed by atoms with Crippen LogP contribution in [0.2, 0.25) is 18.1 Å². The standard InChI is InChI=1S/C34H48F3NO3Si/c1-21(2)30-29(31(39)23-9-11-24(12-10-23)34(35,36)37)27(22-13-17-40-18-14-22)28-25(38-30)19-33(15-8-16-33)20-26(28)41-42(6,7)32(3,4)5/h9-11,13,21,24,26,31,39H,8,12,14-20H2,1-7H3. The topological polar surface area (TPSA) is 51.6 Å². The first-order chi connectivity index (χ1) is 19.5. The smallest absolute Gasteiger partial charge is 0.395 e. The van der Waals surface area contributed by atoms with E-state index >= 15 is 0 Å². The monoisotopic (exact) mass is 603 g/mol. The quantitative estimate of drug-likeness (QED) is 0.329. The summed E-state index contributed by atoms with van der Waals surface area (Å²) in [5.41, 5.74) is 6.56. The predicted molar refractivity (Wildman–Crippen MR) is 164 cm³/mol. The van der Waals surface area contributed by atoms with Crippen LogP contribution in [0, 0.1) is 11.3 Å². The zero-order valence-electron chi connectivity index (χ0n) is 26.3. The fourth-order valence-corrected chi connectivity index (χ4v) is 8.11. The number of allylic oxidation sites excluding steroid dienone is 2. The van der Waals surface area contributed by atoms with Crippen LogP contribution in [0.25, 0.3) is 5.57 Å². The lowest BCUT2D eigenvalue weighted by Crippen LogP contribution is -2.46. The van der Waals surface area contributed by atoms with Crippen LogP contribution in [-0.2, 0) is 15.6 Å². The van der Waals surface area contributed by atoms with Gasteiger partial charge in [-0.25, -0.2) is 0 Å². The maximum Gasteiger partial charge on any atom is 0.395 e. The van der Waals surface area contributed by atoms with E-state index in [1.54, 1.807) is 6.08 Å². The minimum atomic E-state index is -4.30. The van der Waals surface area contributed by atoms with Crippen LogP contribution in [0.3, 0.4) is 0 Å². The number of ether oxygens (including phenoxy) is 1. The van der Waals surface area contributed by atoms with Gasteiger partial charge in [-0.05, 0) is 84.7 Å². The van der Waals surface area contributed by atoms with Gasteiger partial charge >= 0.3 is 6.18 Å². The molecule has 3 aliphatic carbocycles. The summed E-state index contributed by atoms with van der Waals surface area (Å²) < 4.78 is 53.3. The molecule has 1 N–H and O–H groups in total. The van der Waals surface area contributed by atoms with Crippen molar-refractivity contribution in [3.63, 3.8) is 0 Å². The van der Waals surface area contributed by atoms with Gasteiger partial charge in [-0.15, -0.1) is 0 Å². The van der Waals surface area contributed by atoms with Crippen molar-refractivity contribution in [2.24, 2.45) is 11.3 Å². The molecule has 4 aliphatic rings. The Bertz CT molecular complexity index is 1280. The van der Waals surface area contributed by atoms with E-state index in [1.807, 2.05) is 0 Å². The van der Waals surface area contributed by atoms with Crippen LogP contribution >= 0.6 is 0 Å². The highest BCUT2D eigenvalue weighted by Crippen LogP contribution is 2.58. The second-order valence-corrected chi connectivity index (χ2v) is 19.6. The summed E-state index contributed by atoms with van der Waals surface area (Å²) in [5.74, 6) is -1.51. The molecule has 5 rings (SSSR count). The number of nitrogens with zero attached hydrogens (tertiary/aromatic N) is 1. The van der Waals surface area contributed by atoms with Crippen molar-refractivity contribution in [3.8, 4) is 0 Å². The fraction of sp³-hybridized carbons (Fsp3) is 0.676. The van der Waals surface area contributed by atoms with Crippen molar-refractivity contribution >= 4 is 13.9 Å². The van der Waals surface area contributed by atoms with Gasteiger partial charge < -0.3 is 14.3 Å².